The molecule has 1 aromatic heterocycles. The van der Waals surface area contributed by atoms with Crippen LogP contribution < -0.4 is 5.56 Å². The van der Waals surface area contributed by atoms with Crippen LogP contribution in [-0.4, -0.2) is 57.9 Å². The molecule has 1 N–H and O–H groups in total. The largest absolute Gasteiger partial charge is 0.381 e. The number of hydrogen-bond acceptors (Lipinski definition) is 5. The van der Waals surface area contributed by atoms with Crippen molar-refractivity contribution in [3.63, 3.8) is 0 Å². The fourth-order valence-corrected chi connectivity index (χ4v) is 5.65. The van der Waals surface area contributed by atoms with Gasteiger partial charge in [-0.25, -0.2) is 4.98 Å². The minimum Gasteiger partial charge on any atom is -0.381 e. The standard InChI is InChI=1S/C24H34N4O4/c1-32-17-9-7-16(8-10-17)24(31)28-12-3-2-4-20(28)21-25-19-14-27(23(30)15-5-6-15)13-11-18(19)22(29)26-21/h15-17,20H,2-14H2,1H3,(H,25,26,29)/t16?,17?,20-/m1/s1. The summed E-state index contributed by atoms with van der Waals surface area (Å²) >= 11 is 0. The zero-order valence-electron chi connectivity index (χ0n) is 19.0. The van der Waals surface area contributed by atoms with E-state index >= 15 is 0 Å². The number of nitrogens with one attached hydrogen (secondary N) is 1. The Morgan fingerprint density at radius 1 is 0.969 bits per heavy atom. The van der Waals surface area contributed by atoms with Crippen molar-refractivity contribution in [1.82, 2.24) is 19.8 Å². The van der Waals surface area contributed by atoms with Gasteiger partial charge in [0.1, 0.15) is 5.82 Å². The van der Waals surface area contributed by atoms with Crippen LogP contribution in [-0.2, 0) is 27.3 Å². The molecule has 32 heavy (non-hydrogen) atoms. The van der Waals surface area contributed by atoms with Crippen LogP contribution in [0.5, 0.6) is 0 Å². The molecule has 2 aliphatic heterocycles. The van der Waals surface area contributed by atoms with Crippen LogP contribution in [0.4, 0.5) is 0 Å². The fourth-order valence-electron chi connectivity index (χ4n) is 5.65. The molecule has 2 saturated carbocycles. The van der Waals surface area contributed by atoms with E-state index in [0.29, 0.717) is 43.1 Å². The number of aromatic nitrogens is 2. The van der Waals surface area contributed by atoms with Gasteiger partial charge < -0.3 is 19.5 Å². The number of ether oxygens (including phenoxy) is 1. The van der Waals surface area contributed by atoms with E-state index in [1.165, 1.54) is 0 Å². The van der Waals surface area contributed by atoms with E-state index in [0.717, 1.165) is 57.8 Å². The molecule has 1 saturated heterocycles. The number of piperidine rings is 1. The number of nitrogens with zero attached hydrogens (tertiary/aromatic N) is 3. The number of carbonyl (C=O) groups excluding carboxylic acids is 2. The molecule has 2 aliphatic carbocycles. The summed E-state index contributed by atoms with van der Waals surface area (Å²) in [6.07, 6.45) is 9.11. The molecule has 8 nitrogen and oxygen atoms in total. The van der Waals surface area contributed by atoms with E-state index in [2.05, 4.69) is 4.98 Å². The number of amides is 2. The van der Waals surface area contributed by atoms with Crippen molar-refractivity contribution in [1.29, 1.82) is 0 Å². The molecular formula is C24H34N4O4. The number of likely N-dealkylation sites (tertiary alicyclic amines) is 1. The quantitative estimate of drug-likeness (QED) is 0.772. The smallest absolute Gasteiger partial charge is 0.254 e. The third-order valence-corrected chi connectivity index (χ3v) is 7.79. The Labute approximate surface area is 188 Å². The van der Waals surface area contributed by atoms with E-state index in [9.17, 15) is 14.4 Å². The SMILES string of the molecule is COC1CCC(C(=O)N2CCCC[C@@H]2c2nc3c(c(=O)[nH]2)CCN(C(=O)C2CC2)C3)CC1. The van der Waals surface area contributed by atoms with Gasteiger partial charge in [0.2, 0.25) is 11.8 Å². The average Bonchev–Trinajstić information content (AvgIpc) is 3.68. The molecule has 0 bridgehead atoms. The molecule has 5 rings (SSSR count). The second-order valence-electron chi connectivity index (χ2n) is 9.91. The van der Waals surface area contributed by atoms with Gasteiger partial charge in [-0.05, 0) is 64.2 Å². The predicted octanol–water partition coefficient (Wildman–Crippen LogP) is 2.32. The first-order valence-corrected chi connectivity index (χ1v) is 12.3. The van der Waals surface area contributed by atoms with Gasteiger partial charge in [-0.15, -0.1) is 0 Å². The Morgan fingerprint density at radius 3 is 2.41 bits per heavy atom. The van der Waals surface area contributed by atoms with E-state index in [1.807, 2.05) is 9.80 Å². The van der Waals surface area contributed by atoms with Crippen molar-refractivity contribution in [2.75, 3.05) is 20.2 Å². The van der Waals surface area contributed by atoms with Crippen molar-refractivity contribution in [3.8, 4) is 0 Å². The summed E-state index contributed by atoms with van der Waals surface area (Å²) in [5.41, 5.74) is 1.30. The zero-order chi connectivity index (χ0) is 22.2. The topological polar surface area (TPSA) is 95.6 Å². The number of aromatic amines is 1. The van der Waals surface area contributed by atoms with Gasteiger partial charge >= 0.3 is 0 Å². The Balaban J connectivity index is 1.36. The maximum atomic E-state index is 13.4. The van der Waals surface area contributed by atoms with Crippen LogP contribution in [0.3, 0.4) is 0 Å². The lowest BCUT2D eigenvalue weighted by Crippen LogP contribution is -2.45. The summed E-state index contributed by atoms with van der Waals surface area (Å²) in [7, 11) is 1.74. The molecule has 0 radical (unpaired) electrons. The molecule has 3 fully saturated rings. The summed E-state index contributed by atoms with van der Waals surface area (Å²) < 4.78 is 5.46. The van der Waals surface area contributed by atoms with Crippen LogP contribution >= 0.6 is 0 Å². The number of hydrogen-bond donors (Lipinski definition) is 1. The molecule has 174 valence electrons. The Kier molecular flexibility index (Phi) is 6.05. The van der Waals surface area contributed by atoms with E-state index in [1.54, 1.807) is 7.11 Å². The van der Waals surface area contributed by atoms with Gasteiger partial charge in [0.05, 0.1) is 24.4 Å². The minimum atomic E-state index is -0.191. The normalized spacial score (nSPS) is 28.3. The van der Waals surface area contributed by atoms with E-state index in [4.69, 9.17) is 9.72 Å². The van der Waals surface area contributed by atoms with Crippen molar-refractivity contribution < 1.29 is 14.3 Å². The fraction of sp³-hybridized carbons (Fsp3) is 0.750. The Morgan fingerprint density at radius 2 is 1.69 bits per heavy atom. The molecule has 4 aliphatic rings. The van der Waals surface area contributed by atoms with Crippen LogP contribution in [0.1, 0.15) is 80.9 Å². The predicted molar refractivity (Wildman–Crippen MR) is 118 cm³/mol. The lowest BCUT2D eigenvalue weighted by molar-refractivity contribution is -0.141. The second kappa shape index (κ2) is 8.96. The number of carbonyl (C=O) groups is 2. The molecule has 0 unspecified atom stereocenters. The highest BCUT2D eigenvalue weighted by Crippen LogP contribution is 2.35. The number of methoxy groups -OCH3 is 1. The molecule has 2 amide bonds. The summed E-state index contributed by atoms with van der Waals surface area (Å²) in [6.45, 7) is 1.70. The summed E-state index contributed by atoms with van der Waals surface area (Å²) in [5, 5.41) is 0. The van der Waals surface area contributed by atoms with Crippen molar-refractivity contribution >= 4 is 11.8 Å². The third kappa shape index (κ3) is 4.21. The van der Waals surface area contributed by atoms with Crippen LogP contribution in [0.15, 0.2) is 4.79 Å². The lowest BCUT2D eigenvalue weighted by Gasteiger charge is -2.39. The van der Waals surface area contributed by atoms with Crippen LogP contribution in [0.2, 0.25) is 0 Å². The molecular weight excluding hydrogens is 408 g/mol. The summed E-state index contributed by atoms with van der Waals surface area (Å²) in [4.78, 5) is 50.5. The molecule has 3 heterocycles. The monoisotopic (exact) mass is 442 g/mol. The average molecular weight is 443 g/mol. The molecule has 1 atom stereocenters. The van der Waals surface area contributed by atoms with Gasteiger partial charge in [0.25, 0.3) is 5.56 Å². The second-order valence-corrected chi connectivity index (χ2v) is 9.91. The summed E-state index contributed by atoms with van der Waals surface area (Å²) in [5.74, 6) is 1.17. The van der Waals surface area contributed by atoms with E-state index < -0.39 is 0 Å². The van der Waals surface area contributed by atoms with Gasteiger partial charge in [0.15, 0.2) is 0 Å². The number of rotatable bonds is 4. The number of H-pyrrole nitrogens is 1. The van der Waals surface area contributed by atoms with Crippen molar-refractivity contribution in [2.45, 2.75) is 82.9 Å². The Hall–Kier alpha value is -2.22. The van der Waals surface area contributed by atoms with Crippen LogP contribution in [0.25, 0.3) is 0 Å². The van der Waals surface area contributed by atoms with E-state index in [-0.39, 0.29) is 41.4 Å². The third-order valence-electron chi connectivity index (χ3n) is 7.79. The highest BCUT2D eigenvalue weighted by molar-refractivity contribution is 5.81. The maximum absolute atomic E-state index is 13.4. The first-order valence-electron chi connectivity index (χ1n) is 12.3. The summed E-state index contributed by atoms with van der Waals surface area (Å²) in [6, 6.07) is -0.191. The van der Waals surface area contributed by atoms with Gasteiger partial charge in [-0.3, -0.25) is 14.4 Å². The highest BCUT2D eigenvalue weighted by Gasteiger charge is 2.38. The molecule has 0 aromatic carbocycles. The zero-order valence-corrected chi connectivity index (χ0v) is 19.0. The van der Waals surface area contributed by atoms with Crippen LogP contribution in [0, 0.1) is 11.8 Å². The molecule has 1 aromatic rings. The number of fused-ring (bicyclic) bond motifs is 1. The van der Waals surface area contributed by atoms with Gasteiger partial charge in [-0.2, -0.15) is 0 Å². The Bertz CT molecular complexity index is 932. The molecule has 8 heteroatoms. The highest BCUT2D eigenvalue weighted by atomic mass is 16.5. The van der Waals surface area contributed by atoms with Crippen molar-refractivity contribution in [3.05, 3.63) is 27.4 Å². The first-order chi connectivity index (χ1) is 15.5. The minimum absolute atomic E-state index is 0.0259. The van der Waals surface area contributed by atoms with Gasteiger partial charge in [0, 0.05) is 37.6 Å². The maximum Gasteiger partial charge on any atom is 0.254 e. The van der Waals surface area contributed by atoms with Crippen molar-refractivity contribution in [2.24, 2.45) is 11.8 Å². The first kappa shape index (κ1) is 21.6. The van der Waals surface area contributed by atoms with Gasteiger partial charge in [-0.1, -0.05) is 0 Å². The lowest BCUT2D eigenvalue weighted by atomic mass is 9.85. The molecule has 0 spiro atoms.